The van der Waals surface area contributed by atoms with Crippen molar-refractivity contribution in [1.29, 1.82) is 0 Å². The van der Waals surface area contributed by atoms with Crippen LogP contribution in [0.1, 0.15) is 24.2 Å². The number of aliphatic hydroxyl groups excluding tert-OH is 1. The van der Waals surface area contributed by atoms with Crippen molar-refractivity contribution in [2.75, 3.05) is 26.5 Å². The monoisotopic (exact) mass is 348 g/mol. The molecule has 2 rings (SSSR count). The number of imidazole rings is 1. The molecule has 0 radical (unpaired) electrons. The van der Waals surface area contributed by atoms with Gasteiger partial charge in [-0.25, -0.2) is 9.97 Å². The second-order valence-electron chi connectivity index (χ2n) is 7.35. The van der Waals surface area contributed by atoms with Gasteiger partial charge in [0.05, 0.1) is 21.1 Å². The summed E-state index contributed by atoms with van der Waals surface area (Å²) in [6.45, 7) is 3.48. The topological polar surface area (TPSA) is 99.5 Å². The number of aromatic nitrogens is 2. The smallest absolute Gasteiger partial charge is 0.271 e. The van der Waals surface area contributed by atoms with Crippen molar-refractivity contribution in [2.45, 2.75) is 31.9 Å². The first-order valence-electron chi connectivity index (χ1n) is 8.26. The number of aromatic hydroxyl groups is 1. The Balaban J connectivity index is 2.38. The summed E-state index contributed by atoms with van der Waals surface area (Å²) < 4.78 is 0.405. The summed E-state index contributed by atoms with van der Waals surface area (Å²) in [5.74, 6) is -0.147. The van der Waals surface area contributed by atoms with E-state index in [0.717, 1.165) is 5.56 Å². The van der Waals surface area contributed by atoms with Gasteiger partial charge in [0.15, 0.2) is 5.92 Å². The number of quaternary nitrogens is 1. The molecule has 1 aromatic carbocycles. The highest BCUT2D eigenvalue weighted by Gasteiger charge is 2.46. The Bertz CT molecular complexity index is 720. The van der Waals surface area contributed by atoms with E-state index in [1.807, 2.05) is 21.1 Å². The highest BCUT2D eigenvalue weighted by molar-refractivity contribution is 5.95. The summed E-state index contributed by atoms with van der Waals surface area (Å²) >= 11 is 0. The summed E-state index contributed by atoms with van der Waals surface area (Å²) in [4.78, 5) is 19.1. The molecule has 0 saturated heterocycles. The molecular weight excluding hydrogens is 320 g/mol. The van der Waals surface area contributed by atoms with Gasteiger partial charge in [-0.2, -0.15) is 0 Å². The molecule has 7 nitrogen and oxygen atoms in total. The van der Waals surface area contributed by atoms with E-state index in [-0.39, 0.29) is 17.7 Å². The van der Waals surface area contributed by atoms with Crippen molar-refractivity contribution < 1.29 is 24.5 Å². The van der Waals surface area contributed by atoms with Crippen LogP contribution in [-0.4, -0.2) is 58.9 Å². The number of phenolic OH excluding ortho intramolecular Hbond substituents is 1. The minimum Gasteiger partial charge on any atom is -0.508 e. The van der Waals surface area contributed by atoms with Crippen molar-refractivity contribution in [3.05, 3.63) is 42.0 Å². The van der Waals surface area contributed by atoms with Gasteiger partial charge in [-0.05, 0) is 25.5 Å². The lowest BCUT2D eigenvalue weighted by atomic mass is 9.91. The first-order valence-corrected chi connectivity index (χ1v) is 8.26. The van der Waals surface area contributed by atoms with Crippen LogP contribution in [0, 0.1) is 6.92 Å². The molecule has 25 heavy (non-hydrogen) atoms. The average Bonchev–Trinajstić information content (AvgIpc) is 3.00. The van der Waals surface area contributed by atoms with Crippen molar-refractivity contribution in [3.8, 4) is 5.75 Å². The van der Waals surface area contributed by atoms with E-state index >= 15 is 0 Å². The average molecular weight is 348 g/mol. The fourth-order valence-electron chi connectivity index (χ4n) is 3.22. The molecule has 0 saturated carbocycles. The van der Waals surface area contributed by atoms with E-state index in [9.17, 15) is 15.0 Å². The number of anilines is 1. The van der Waals surface area contributed by atoms with Crippen LogP contribution in [0.15, 0.2) is 30.6 Å². The number of aliphatic hydroxyl groups is 1. The second kappa shape index (κ2) is 7.25. The molecule has 0 aliphatic heterocycles. The number of nitrogens with one attached hydrogen (secondary N) is 3. The fraction of sp³-hybridized carbons (Fsp3) is 0.444. The van der Waals surface area contributed by atoms with Crippen LogP contribution in [0.4, 0.5) is 5.69 Å². The number of hydrogen-bond donors (Lipinski definition) is 4. The molecule has 2 aromatic rings. The number of amides is 1. The van der Waals surface area contributed by atoms with E-state index in [1.165, 1.54) is 6.07 Å². The highest BCUT2D eigenvalue weighted by atomic mass is 16.3. The summed E-state index contributed by atoms with van der Waals surface area (Å²) in [5, 5.41) is 23.1. The van der Waals surface area contributed by atoms with Crippen LogP contribution in [-0.2, 0) is 4.79 Å². The fourth-order valence-corrected chi connectivity index (χ4v) is 3.22. The molecule has 3 unspecified atom stereocenters. The number of benzene rings is 1. The van der Waals surface area contributed by atoms with E-state index in [2.05, 4.69) is 15.3 Å². The molecule has 3 atom stereocenters. The number of H-pyrrole nitrogens is 2. The summed E-state index contributed by atoms with van der Waals surface area (Å²) in [6.07, 6.45) is 2.71. The molecule has 0 bridgehead atoms. The number of nitrogens with zero attached hydrogens (tertiary/aromatic N) is 1. The van der Waals surface area contributed by atoms with E-state index in [1.54, 1.807) is 38.4 Å². The number of phenols is 1. The molecule has 1 heterocycles. The Morgan fingerprint density at radius 1 is 1.32 bits per heavy atom. The van der Waals surface area contributed by atoms with Crippen LogP contribution >= 0.6 is 0 Å². The number of likely N-dealkylation sites (N-methyl/N-ethyl adjacent to an activating group) is 1. The molecule has 1 aromatic heterocycles. The largest absolute Gasteiger partial charge is 0.508 e. The van der Waals surface area contributed by atoms with Crippen LogP contribution in [0.25, 0.3) is 0 Å². The molecular formula is C18H28N4O3+2. The molecule has 0 aliphatic rings. The Labute approximate surface area is 147 Å². The number of hydrogen-bond acceptors (Lipinski definition) is 3. The van der Waals surface area contributed by atoms with E-state index in [0.29, 0.717) is 16.0 Å². The van der Waals surface area contributed by atoms with Crippen LogP contribution in [0.2, 0.25) is 0 Å². The lowest BCUT2D eigenvalue weighted by molar-refractivity contribution is -0.900. The lowest BCUT2D eigenvalue weighted by Gasteiger charge is -2.38. The van der Waals surface area contributed by atoms with Gasteiger partial charge in [-0.15, -0.1) is 0 Å². The van der Waals surface area contributed by atoms with Crippen molar-refractivity contribution in [2.24, 2.45) is 0 Å². The lowest BCUT2D eigenvalue weighted by Crippen LogP contribution is -2.57. The standard InChI is InChI=1S/C18H26N4O3/c1-11-6-7-13(10-14(11)24)21-18(25)15(17-19-8-9-20-17)16(12(2)23)22(3,4)5/h6-10,12,15-16,23H,1-5H3,(H2-,19,20,21,24,25)/p+2. The maximum absolute atomic E-state index is 13.0. The molecule has 1 amide bonds. The maximum Gasteiger partial charge on any atom is 0.271 e. The second-order valence-corrected chi connectivity index (χ2v) is 7.35. The van der Waals surface area contributed by atoms with Crippen LogP contribution in [0.5, 0.6) is 5.75 Å². The van der Waals surface area contributed by atoms with Gasteiger partial charge in [0, 0.05) is 11.8 Å². The third-order valence-corrected chi connectivity index (χ3v) is 4.36. The van der Waals surface area contributed by atoms with Gasteiger partial charge >= 0.3 is 0 Å². The first kappa shape index (κ1) is 19.0. The third-order valence-electron chi connectivity index (χ3n) is 4.36. The van der Waals surface area contributed by atoms with Gasteiger partial charge in [-0.1, -0.05) is 6.07 Å². The summed E-state index contributed by atoms with van der Waals surface area (Å²) in [7, 11) is 5.83. The maximum atomic E-state index is 13.0. The Morgan fingerprint density at radius 2 is 2.00 bits per heavy atom. The van der Waals surface area contributed by atoms with Gasteiger partial charge < -0.3 is 20.0 Å². The van der Waals surface area contributed by atoms with Gasteiger partial charge in [0.25, 0.3) is 5.82 Å². The Morgan fingerprint density at radius 3 is 2.48 bits per heavy atom. The molecule has 5 N–H and O–H groups in total. The van der Waals surface area contributed by atoms with Gasteiger partial charge in [0.2, 0.25) is 5.91 Å². The zero-order valence-corrected chi connectivity index (χ0v) is 15.4. The van der Waals surface area contributed by atoms with E-state index in [4.69, 9.17) is 0 Å². The van der Waals surface area contributed by atoms with Crippen LogP contribution < -0.4 is 10.3 Å². The Hall–Kier alpha value is -2.38. The zero-order chi connectivity index (χ0) is 18.8. The number of aromatic amines is 2. The Kier molecular flexibility index (Phi) is 5.49. The predicted octanol–water partition coefficient (Wildman–Crippen LogP) is 1.02. The molecule has 0 spiro atoms. The molecule has 136 valence electrons. The van der Waals surface area contributed by atoms with Crippen molar-refractivity contribution in [3.63, 3.8) is 0 Å². The predicted molar refractivity (Wildman–Crippen MR) is 95.1 cm³/mol. The minimum atomic E-state index is -0.709. The quantitative estimate of drug-likeness (QED) is 0.587. The van der Waals surface area contributed by atoms with Gasteiger partial charge in [0.1, 0.15) is 30.3 Å². The zero-order valence-electron chi connectivity index (χ0n) is 15.4. The molecule has 7 heteroatoms. The van der Waals surface area contributed by atoms with Crippen molar-refractivity contribution >= 4 is 11.6 Å². The van der Waals surface area contributed by atoms with Gasteiger partial charge in [-0.3, -0.25) is 4.79 Å². The molecule has 0 aliphatic carbocycles. The number of carbonyl (C=O) groups is 1. The summed E-state index contributed by atoms with van der Waals surface area (Å²) in [6, 6.07) is 4.62. The third kappa shape index (κ3) is 4.37. The molecule has 0 fully saturated rings. The number of rotatable bonds is 6. The normalized spacial score (nSPS) is 15.4. The number of aryl methyl sites for hydroxylation is 1. The minimum absolute atomic E-state index is 0.125. The number of carbonyl (C=O) groups excluding carboxylic acids is 1. The first-order chi connectivity index (χ1) is 11.6. The van der Waals surface area contributed by atoms with E-state index < -0.39 is 12.0 Å². The SMILES string of the molecule is Cc1ccc(NC(=O)C(c2[nH]cc[nH+]2)C(C(C)O)[N+](C)(C)C)cc1O. The van der Waals surface area contributed by atoms with Crippen LogP contribution in [0.3, 0.4) is 0 Å². The van der Waals surface area contributed by atoms with Crippen molar-refractivity contribution in [1.82, 2.24) is 4.98 Å². The summed E-state index contributed by atoms with van der Waals surface area (Å²) in [5.41, 5.74) is 1.25. The highest BCUT2D eigenvalue weighted by Crippen LogP contribution is 2.28.